The fourth-order valence-corrected chi connectivity index (χ4v) is 6.95. The molecule has 2 aromatic carbocycles. The minimum atomic E-state index is -3.99. The van der Waals surface area contributed by atoms with E-state index < -0.39 is 10.0 Å². The number of nitrogens with one attached hydrogen (secondary N) is 2. The van der Waals surface area contributed by atoms with E-state index in [2.05, 4.69) is 14.9 Å². The Morgan fingerprint density at radius 1 is 1.07 bits per heavy atom. The number of rotatable bonds is 10. The molecule has 1 aromatic heterocycles. The first kappa shape index (κ1) is 28.2. The van der Waals surface area contributed by atoms with E-state index in [1.54, 1.807) is 42.5 Å². The summed E-state index contributed by atoms with van der Waals surface area (Å²) < 4.78 is 36.7. The third-order valence-corrected chi connectivity index (χ3v) is 8.98. The zero-order chi connectivity index (χ0) is 28.3. The van der Waals surface area contributed by atoms with Crippen LogP contribution in [-0.4, -0.2) is 51.7 Å². The van der Waals surface area contributed by atoms with E-state index in [4.69, 9.17) is 16.3 Å². The molecule has 2 atom stereocenters. The number of halogens is 1. The van der Waals surface area contributed by atoms with Crippen LogP contribution in [0.4, 0.5) is 11.4 Å². The molecule has 3 heterocycles. The van der Waals surface area contributed by atoms with Crippen LogP contribution >= 0.6 is 11.6 Å². The molecule has 9 nitrogen and oxygen atoms in total. The number of carbonyl (C=O) groups is 1. The van der Waals surface area contributed by atoms with Crippen LogP contribution in [0.2, 0.25) is 5.02 Å². The smallest absolute Gasteiger partial charge is 0.262 e. The molecule has 0 spiro atoms. The number of fused-ring (bicyclic) bond motifs is 4. The topological polar surface area (TPSA) is 110 Å². The summed E-state index contributed by atoms with van der Waals surface area (Å²) >= 11 is 6.07. The Kier molecular flexibility index (Phi) is 8.48. The highest BCUT2D eigenvalue weighted by atomic mass is 35.5. The lowest BCUT2D eigenvalue weighted by atomic mass is 9.83. The zero-order valence-electron chi connectivity index (χ0n) is 22.3. The van der Waals surface area contributed by atoms with Gasteiger partial charge < -0.3 is 19.5 Å². The van der Waals surface area contributed by atoms with Crippen LogP contribution in [0.3, 0.4) is 0 Å². The van der Waals surface area contributed by atoms with Crippen LogP contribution in [0.1, 0.15) is 41.7 Å². The fraction of sp³-hybridized carbons (Fsp3) is 0.379. The van der Waals surface area contributed by atoms with Crippen molar-refractivity contribution in [1.29, 1.82) is 0 Å². The van der Waals surface area contributed by atoms with Gasteiger partial charge in [-0.2, -0.15) is 0 Å². The number of anilines is 2. The Bertz CT molecular complexity index is 1560. The highest BCUT2D eigenvalue weighted by molar-refractivity contribution is 7.92. The quantitative estimate of drug-likeness (QED) is 0.348. The molecular formula is C29H33ClN4O5S. The molecule has 0 aliphatic carbocycles. The van der Waals surface area contributed by atoms with Gasteiger partial charge in [-0.05, 0) is 68.1 Å². The summed E-state index contributed by atoms with van der Waals surface area (Å²) in [5.41, 5.74) is 2.34. The van der Waals surface area contributed by atoms with Crippen molar-refractivity contribution in [2.24, 2.45) is 5.92 Å². The van der Waals surface area contributed by atoms with E-state index in [-0.39, 0.29) is 28.2 Å². The van der Waals surface area contributed by atoms with Gasteiger partial charge in [-0.3, -0.25) is 14.3 Å². The molecule has 0 unspecified atom stereocenters. The number of amides is 1. The van der Waals surface area contributed by atoms with Crippen LogP contribution in [0.5, 0.6) is 0 Å². The van der Waals surface area contributed by atoms with Gasteiger partial charge in [-0.25, -0.2) is 8.42 Å². The average Bonchev–Trinajstić information content (AvgIpc) is 2.93. The molecule has 2 aliphatic rings. The lowest BCUT2D eigenvalue weighted by molar-refractivity contribution is 0.0944. The van der Waals surface area contributed by atoms with Crippen molar-refractivity contribution >= 4 is 38.9 Å². The molecule has 0 saturated carbocycles. The Hall–Kier alpha value is -3.34. The Labute approximate surface area is 239 Å². The van der Waals surface area contributed by atoms with Gasteiger partial charge >= 0.3 is 0 Å². The highest BCUT2D eigenvalue weighted by Gasteiger charge is 2.35. The van der Waals surface area contributed by atoms with Crippen molar-refractivity contribution in [3.8, 4) is 0 Å². The molecule has 3 aromatic rings. The number of ether oxygens (including phenoxy) is 1. The van der Waals surface area contributed by atoms with E-state index in [9.17, 15) is 18.0 Å². The van der Waals surface area contributed by atoms with Gasteiger partial charge in [0.15, 0.2) is 0 Å². The molecule has 0 radical (unpaired) electrons. The van der Waals surface area contributed by atoms with Gasteiger partial charge in [0.1, 0.15) is 0 Å². The number of hydrogen-bond acceptors (Lipinski definition) is 6. The Morgan fingerprint density at radius 3 is 2.70 bits per heavy atom. The molecule has 2 bridgehead atoms. The summed E-state index contributed by atoms with van der Waals surface area (Å²) in [5.74, 6) is 0.0687. The van der Waals surface area contributed by atoms with Crippen molar-refractivity contribution in [2.75, 3.05) is 42.5 Å². The van der Waals surface area contributed by atoms with Crippen LogP contribution in [-0.2, 0) is 21.3 Å². The number of benzene rings is 2. The predicted molar refractivity (Wildman–Crippen MR) is 156 cm³/mol. The molecular weight excluding hydrogens is 552 g/mol. The number of hydrogen-bond donors (Lipinski definition) is 2. The predicted octanol–water partition coefficient (Wildman–Crippen LogP) is 4.08. The van der Waals surface area contributed by atoms with Crippen molar-refractivity contribution < 1.29 is 17.9 Å². The van der Waals surface area contributed by atoms with E-state index in [1.807, 2.05) is 17.6 Å². The second kappa shape index (κ2) is 12.0. The molecule has 5 rings (SSSR count). The first-order valence-corrected chi connectivity index (χ1v) is 15.3. The van der Waals surface area contributed by atoms with Crippen LogP contribution in [0.25, 0.3) is 0 Å². The monoisotopic (exact) mass is 584 g/mol. The minimum absolute atomic E-state index is 0.00671. The van der Waals surface area contributed by atoms with Gasteiger partial charge in [-0.1, -0.05) is 23.7 Å². The zero-order valence-corrected chi connectivity index (χ0v) is 23.9. The van der Waals surface area contributed by atoms with Gasteiger partial charge in [0.05, 0.1) is 16.3 Å². The summed E-state index contributed by atoms with van der Waals surface area (Å²) in [6.07, 6.45) is 1.64. The average molecular weight is 585 g/mol. The molecule has 212 valence electrons. The molecule has 1 amide bonds. The summed E-state index contributed by atoms with van der Waals surface area (Å²) in [4.78, 5) is 27.6. The number of carbonyl (C=O) groups excluding carboxylic acids is 1. The van der Waals surface area contributed by atoms with Crippen LogP contribution in [0.15, 0.2) is 70.4 Å². The van der Waals surface area contributed by atoms with Gasteiger partial charge in [0.2, 0.25) is 0 Å². The fourth-order valence-electron chi connectivity index (χ4n) is 5.59. The van der Waals surface area contributed by atoms with Crippen molar-refractivity contribution in [2.45, 2.75) is 37.1 Å². The number of piperidine rings is 1. The summed E-state index contributed by atoms with van der Waals surface area (Å²) in [5, 5.41) is 3.18. The van der Waals surface area contributed by atoms with Crippen LogP contribution in [0, 0.1) is 5.92 Å². The third kappa shape index (κ3) is 6.19. The van der Waals surface area contributed by atoms with E-state index in [1.165, 1.54) is 12.1 Å². The van der Waals surface area contributed by atoms with Crippen molar-refractivity contribution in [3.63, 3.8) is 0 Å². The maximum absolute atomic E-state index is 13.4. The SMILES string of the molecule is CCOCCCNC(=O)c1ccc(N2C[C@H]3C[C@@H](C2)c2cccc(=O)n2C3)c(NS(=O)(=O)c2cccc(Cl)c2)c1. The lowest BCUT2D eigenvalue weighted by Gasteiger charge is -2.44. The highest BCUT2D eigenvalue weighted by Crippen LogP contribution is 2.39. The molecule has 2 aliphatic heterocycles. The van der Waals surface area contributed by atoms with Crippen LogP contribution < -0.4 is 20.5 Å². The van der Waals surface area contributed by atoms with Crippen molar-refractivity contribution in [1.82, 2.24) is 9.88 Å². The molecule has 1 saturated heterocycles. The first-order chi connectivity index (χ1) is 19.2. The molecule has 1 fully saturated rings. The second-order valence-corrected chi connectivity index (χ2v) is 12.3. The van der Waals surface area contributed by atoms with E-state index in [0.717, 1.165) is 12.1 Å². The Morgan fingerprint density at radius 2 is 1.90 bits per heavy atom. The van der Waals surface area contributed by atoms with Gasteiger partial charge in [0, 0.05) is 67.7 Å². The second-order valence-electron chi connectivity index (χ2n) is 10.2. The molecule has 40 heavy (non-hydrogen) atoms. The summed E-state index contributed by atoms with van der Waals surface area (Å²) in [6.45, 7) is 5.42. The number of aromatic nitrogens is 1. The summed E-state index contributed by atoms with van der Waals surface area (Å²) in [6, 6.07) is 16.5. The summed E-state index contributed by atoms with van der Waals surface area (Å²) in [7, 11) is -3.99. The maximum Gasteiger partial charge on any atom is 0.262 e. The minimum Gasteiger partial charge on any atom is -0.382 e. The molecule has 2 N–H and O–H groups in total. The molecule has 11 heteroatoms. The number of nitrogens with zero attached hydrogens (tertiary/aromatic N) is 2. The standard InChI is InChI=1S/C29H33ClN4O5S/c1-2-39-13-5-12-31-29(36)21-10-11-27(25(15-21)32-40(37,38)24-7-3-6-23(30)16-24)33-17-20-14-22(19-33)26-8-4-9-28(35)34(26)18-20/h3-4,6-11,15-16,20,22,32H,2,5,12-14,17-19H2,1H3,(H,31,36)/t20-,22+/m1/s1. The normalized spacial score (nSPS) is 18.2. The number of pyridine rings is 1. The largest absolute Gasteiger partial charge is 0.382 e. The number of sulfonamides is 1. The lowest BCUT2D eigenvalue weighted by Crippen LogP contribution is -2.47. The maximum atomic E-state index is 13.4. The Balaban J connectivity index is 1.45. The van der Waals surface area contributed by atoms with Gasteiger partial charge in [0.25, 0.3) is 21.5 Å². The van der Waals surface area contributed by atoms with E-state index in [0.29, 0.717) is 67.8 Å². The van der Waals surface area contributed by atoms with E-state index >= 15 is 0 Å². The van der Waals surface area contributed by atoms with Gasteiger partial charge in [-0.15, -0.1) is 0 Å². The van der Waals surface area contributed by atoms with Crippen molar-refractivity contribution in [3.05, 3.63) is 87.3 Å². The third-order valence-electron chi connectivity index (χ3n) is 7.39. The first-order valence-electron chi connectivity index (χ1n) is 13.5.